The molecule has 0 aromatic heterocycles. The number of hydrogen-bond acceptors (Lipinski definition) is 3. The lowest BCUT2D eigenvalue weighted by Gasteiger charge is -2.15. The van der Waals surface area contributed by atoms with Crippen LogP contribution in [0.5, 0.6) is 11.5 Å². The van der Waals surface area contributed by atoms with Gasteiger partial charge >= 0.3 is 0 Å². The number of nitrogens with zero attached hydrogens (tertiary/aromatic N) is 1. The Morgan fingerprint density at radius 2 is 1.95 bits per heavy atom. The lowest BCUT2D eigenvalue weighted by molar-refractivity contribution is 0.474. The number of ether oxygens (including phenoxy) is 1. The molecule has 0 unspecified atom stereocenters. The molecule has 0 fully saturated rings. The summed E-state index contributed by atoms with van der Waals surface area (Å²) < 4.78 is 5.98. The third-order valence-electron chi connectivity index (χ3n) is 2.96. The molecule has 0 atom stereocenters. The maximum atomic E-state index is 6.06. The van der Waals surface area contributed by atoms with Crippen LogP contribution in [0, 0.1) is 0 Å². The van der Waals surface area contributed by atoms with Crippen LogP contribution in [0.1, 0.15) is 5.56 Å². The Kier molecular flexibility index (Phi) is 4.88. The van der Waals surface area contributed by atoms with Crippen molar-refractivity contribution in [1.82, 2.24) is 5.32 Å². The van der Waals surface area contributed by atoms with Crippen LogP contribution in [0.25, 0.3) is 0 Å². The first kappa shape index (κ1) is 14.7. The Bertz CT molecular complexity index is 584. The summed E-state index contributed by atoms with van der Waals surface area (Å²) in [5.41, 5.74) is 2.17. The summed E-state index contributed by atoms with van der Waals surface area (Å²) in [6.45, 7) is 0.736. The lowest BCUT2D eigenvalue weighted by atomic mass is 10.2. The predicted molar refractivity (Wildman–Crippen MR) is 85.1 cm³/mol. The molecule has 0 spiro atoms. The quantitative estimate of drug-likeness (QED) is 0.903. The van der Waals surface area contributed by atoms with Crippen LogP contribution in [0.4, 0.5) is 5.69 Å². The van der Waals surface area contributed by atoms with Gasteiger partial charge in [0.25, 0.3) is 0 Å². The van der Waals surface area contributed by atoms with E-state index in [0.29, 0.717) is 5.02 Å². The van der Waals surface area contributed by atoms with Crippen molar-refractivity contribution in [3.05, 3.63) is 53.1 Å². The van der Waals surface area contributed by atoms with E-state index in [0.717, 1.165) is 29.3 Å². The molecule has 2 rings (SSSR count). The van der Waals surface area contributed by atoms with E-state index in [4.69, 9.17) is 16.3 Å². The van der Waals surface area contributed by atoms with Gasteiger partial charge in [0.05, 0.1) is 0 Å². The summed E-state index contributed by atoms with van der Waals surface area (Å²) >= 11 is 6.06. The van der Waals surface area contributed by atoms with E-state index in [2.05, 4.69) is 5.32 Å². The van der Waals surface area contributed by atoms with E-state index in [1.54, 1.807) is 0 Å². The van der Waals surface area contributed by atoms with Gasteiger partial charge in [-0.1, -0.05) is 23.7 Å². The summed E-state index contributed by atoms with van der Waals surface area (Å²) in [6, 6.07) is 13.7. The largest absolute Gasteiger partial charge is 0.457 e. The number of rotatable bonds is 5. The molecule has 0 aliphatic carbocycles. The molecule has 0 aliphatic heterocycles. The summed E-state index contributed by atoms with van der Waals surface area (Å²) in [4.78, 5) is 2.04. The summed E-state index contributed by atoms with van der Waals surface area (Å²) in [5.74, 6) is 1.58. The first-order valence-electron chi connectivity index (χ1n) is 6.48. The van der Waals surface area contributed by atoms with Gasteiger partial charge in [0.2, 0.25) is 0 Å². The molecule has 0 aliphatic rings. The molecule has 0 amide bonds. The second-order valence-electron chi connectivity index (χ2n) is 4.78. The first-order valence-corrected chi connectivity index (χ1v) is 6.86. The van der Waals surface area contributed by atoms with E-state index in [1.165, 1.54) is 0 Å². The fraction of sp³-hybridized carbons (Fsp3) is 0.250. The molecule has 0 saturated heterocycles. The number of benzene rings is 2. The highest BCUT2D eigenvalue weighted by Crippen LogP contribution is 2.30. The van der Waals surface area contributed by atoms with Crippen LogP contribution in [0.15, 0.2) is 42.5 Å². The minimum atomic E-state index is 0.670. The zero-order chi connectivity index (χ0) is 14.5. The average molecular weight is 291 g/mol. The summed E-state index contributed by atoms with van der Waals surface area (Å²) in [5, 5.41) is 3.80. The van der Waals surface area contributed by atoms with Gasteiger partial charge in [-0.3, -0.25) is 0 Å². The summed E-state index contributed by atoms with van der Waals surface area (Å²) in [6.07, 6.45) is 0. The van der Waals surface area contributed by atoms with Crippen LogP contribution in [0.3, 0.4) is 0 Å². The van der Waals surface area contributed by atoms with Crippen molar-refractivity contribution in [2.75, 3.05) is 26.0 Å². The number of nitrogens with one attached hydrogen (secondary N) is 1. The molecule has 0 radical (unpaired) electrons. The van der Waals surface area contributed by atoms with Gasteiger partial charge in [-0.25, -0.2) is 0 Å². The van der Waals surface area contributed by atoms with E-state index in [-0.39, 0.29) is 0 Å². The number of anilines is 1. The maximum Gasteiger partial charge on any atom is 0.133 e. The van der Waals surface area contributed by atoms with Crippen LogP contribution in [0.2, 0.25) is 5.02 Å². The standard InChI is InChI=1S/C16H19ClN2O/c1-18-11-12-7-8-13(17)9-16(12)20-15-6-4-5-14(10-15)19(2)3/h4-10,18H,11H2,1-3H3. The minimum absolute atomic E-state index is 0.670. The highest BCUT2D eigenvalue weighted by Gasteiger charge is 2.06. The zero-order valence-corrected chi connectivity index (χ0v) is 12.7. The van der Waals surface area contributed by atoms with Gasteiger partial charge in [0.1, 0.15) is 11.5 Å². The molecular formula is C16H19ClN2O. The van der Waals surface area contributed by atoms with Crippen LogP contribution in [-0.4, -0.2) is 21.1 Å². The van der Waals surface area contributed by atoms with E-state index in [1.807, 2.05) is 68.5 Å². The average Bonchev–Trinajstić information content (AvgIpc) is 2.42. The van der Waals surface area contributed by atoms with Crippen molar-refractivity contribution in [2.24, 2.45) is 0 Å². The molecule has 1 N–H and O–H groups in total. The SMILES string of the molecule is CNCc1ccc(Cl)cc1Oc1cccc(N(C)C)c1. The molecule has 0 saturated carbocycles. The second kappa shape index (κ2) is 6.64. The Labute approximate surface area is 125 Å². The van der Waals surface area contributed by atoms with E-state index < -0.39 is 0 Å². The smallest absolute Gasteiger partial charge is 0.133 e. The molecular weight excluding hydrogens is 272 g/mol. The Balaban J connectivity index is 2.29. The van der Waals surface area contributed by atoms with E-state index >= 15 is 0 Å². The molecule has 0 bridgehead atoms. The fourth-order valence-electron chi connectivity index (χ4n) is 1.91. The Hall–Kier alpha value is -1.71. The zero-order valence-electron chi connectivity index (χ0n) is 12.0. The van der Waals surface area contributed by atoms with Gasteiger partial charge in [-0.15, -0.1) is 0 Å². The molecule has 106 valence electrons. The monoisotopic (exact) mass is 290 g/mol. The van der Waals surface area contributed by atoms with Crippen molar-refractivity contribution < 1.29 is 4.74 Å². The first-order chi connectivity index (χ1) is 9.60. The number of hydrogen-bond donors (Lipinski definition) is 1. The van der Waals surface area contributed by atoms with Crippen molar-refractivity contribution in [2.45, 2.75) is 6.54 Å². The molecule has 3 nitrogen and oxygen atoms in total. The fourth-order valence-corrected chi connectivity index (χ4v) is 2.07. The minimum Gasteiger partial charge on any atom is -0.457 e. The molecule has 2 aromatic rings. The molecule has 20 heavy (non-hydrogen) atoms. The number of halogens is 1. The van der Waals surface area contributed by atoms with Crippen molar-refractivity contribution in [3.8, 4) is 11.5 Å². The van der Waals surface area contributed by atoms with Crippen molar-refractivity contribution in [3.63, 3.8) is 0 Å². The normalized spacial score (nSPS) is 10.4. The van der Waals surface area contributed by atoms with Crippen LogP contribution >= 0.6 is 11.6 Å². The molecule has 2 aromatic carbocycles. The molecule has 0 heterocycles. The predicted octanol–water partition coefficient (Wildman–Crippen LogP) is 3.92. The van der Waals surface area contributed by atoms with Crippen molar-refractivity contribution in [1.29, 1.82) is 0 Å². The topological polar surface area (TPSA) is 24.5 Å². The van der Waals surface area contributed by atoms with Gasteiger partial charge < -0.3 is 15.0 Å². The van der Waals surface area contributed by atoms with Crippen LogP contribution in [-0.2, 0) is 6.54 Å². The summed E-state index contributed by atoms with van der Waals surface area (Å²) in [7, 11) is 5.92. The highest BCUT2D eigenvalue weighted by molar-refractivity contribution is 6.30. The van der Waals surface area contributed by atoms with Gasteiger partial charge in [0.15, 0.2) is 0 Å². The Morgan fingerprint density at radius 1 is 1.15 bits per heavy atom. The van der Waals surface area contributed by atoms with E-state index in [9.17, 15) is 0 Å². The Morgan fingerprint density at radius 3 is 2.65 bits per heavy atom. The second-order valence-corrected chi connectivity index (χ2v) is 5.21. The van der Waals surface area contributed by atoms with Gasteiger partial charge in [0, 0.05) is 43.0 Å². The van der Waals surface area contributed by atoms with Crippen LogP contribution < -0.4 is 15.0 Å². The lowest BCUT2D eigenvalue weighted by Crippen LogP contribution is -2.08. The highest BCUT2D eigenvalue weighted by atomic mass is 35.5. The third kappa shape index (κ3) is 3.65. The molecule has 4 heteroatoms. The maximum absolute atomic E-state index is 6.06. The van der Waals surface area contributed by atoms with Gasteiger partial charge in [-0.05, 0) is 31.3 Å². The van der Waals surface area contributed by atoms with Gasteiger partial charge in [-0.2, -0.15) is 0 Å². The van der Waals surface area contributed by atoms with Crippen molar-refractivity contribution >= 4 is 17.3 Å². The third-order valence-corrected chi connectivity index (χ3v) is 3.19.